The number of carbonyl (C=O) groups excluding carboxylic acids is 3. The third-order valence-electron chi connectivity index (χ3n) is 3.91. The SMILES string of the molecule is CCOC(=O)C1=C(C)NC(=O)N[C@H]1c1ccc(OC(=O)c2ccco2)cc1. The molecule has 2 amide bonds. The van der Waals surface area contributed by atoms with E-state index in [4.69, 9.17) is 13.9 Å². The number of allylic oxidation sites excluding steroid dienone is 1. The molecule has 2 N–H and O–H groups in total. The summed E-state index contributed by atoms with van der Waals surface area (Å²) in [5.74, 6) is -0.738. The van der Waals surface area contributed by atoms with Gasteiger partial charge in [-0.05, 0) is 43.7 Å². The highest BCUT2D eigenvalue weighted by molar-refractivity contribution is 5.95. The van der Waals surface area contributed by atoms with Crippen LogP contribution in [0.15, 0.2) is 58.3 Å². The molecule has 0 spiro atoms. The van der Waals surface area contributed by atoms with Crippen molar-refractivity contribution >= 4 is 18.0 Å². The highest BCUT2D eigenvalue weighted by Crippen LogP contribution is 2.29. The van der Waals surface area contributed by atoms with Crippen LogP contribution in [0.3, 0.4) is 0 Å². The summed E-state index contributed by atoms with van der Waals surface area (Å²) in [4.78, 5) is 36.0. The molecular weight excluding hydrogens is 352 g/mol. The zero-order valence-corrected chi connectivity index (χ0v) is 14.8. The van der Waals surface area contributed by atoms with Crippen LogP contribution in [0.5, 0.6) is 5.75 Å². The lowest BCUT2D eigenvalue weighted by atomic mass is 9.95. The topological polar surface area (TPSA) is 107 Å². The van der Waals surface area contributed by atoms with Crippen LogP contribution in [0.1, 0.15) is 36.0 Å². The zero-order valence-electron chi connectivity index (χ0n) is 14.8. The monoisotopic (exact) mass is 370 g/mol. The van der Waals surface area contributed by atoms with Crippen molar-refractivity contribution in [3.05, 3.63) is 65.3 Å². The largest absolute Gasteiger partial charge is 0.463 e. The molecule has 3 rings (SSSR count). The Morgan fingerprint density at radius 3 is 2.52 bits per heavy atom. The van der Waals surface area contributed by atoms with Gasteiger partial charge in [0.1, 0.15) is 5.75 Å². The molecule has 2 aromatic rings. The number of hydrogen-bond acceptors (Lipinski definition) is 6. The maximum Gasteiger partial charge on any atom is 0.379 e. The summed E-state index contributed by atoms with van der Waals surface area (Å²) in [6, 6.07) is 8.46. The number of furan rings is 1. The molecule has 0 unspecified atom stereocenters. The number of rotatable bonds is 5. The second kappa shape index (κ2) is 7.77. The summed E-state index contributed by atoms with van der Waals surface area (Å²) in [6.07, 6.45) is 1.38. The number of esters is 2. The number of urea groups is 1. The maximum atomic E-state index is 12.3. The van der Waals surface area contributed by atoms with E-state index in [9.17, 15) is 14.4 Å². The lowest BCUT2D eigenvalue weighted by molar-refractivity contribution is -0.139. The van der Waals surface area contributed by atoms with Crippen LogP contribution in [0.2, 0.25) is 0 Å². The summed E-state index contributed by atoms with van der Waals surface area (Å²) in [7, 11) is 0. The molecule has 0 saturated carbocycles. The van der Waals surface area contributed by atoms with Crippen LogP contribution in [0.25, 0.3) is 0 Å². The van der Waals surface area contributed by atoms with E-state index in [-0.39, 0.29) is 12.4 Å². The first-order chi connectivity index (χ1) is 13.0. The fraction of sp³-hybridized carbons (Fsp3) is 0.211. The van der Waals surface area contributed by atoms with Crippen molar-refractivity contribution in [3.63, 3.8) is 0 Å². The molecule has 1 aromatic heterocycles. The van der Waals surface area contributed by atoms with Crippen molar-refractivity contribution < 1.29 is 28.3 Å². The van der Waals surface area contributed by atoms with Gasteiger partial charge >= 0.3 is 18.0 Å². The fourth-order valence-electron chi connectivity index (χ4n) is 2.70. The van der Waals surface area contributed by atoms with E-state index in [2.05, 4.69) is 10.6 Å². The van der Waals surface area contributed by atoms with Gasteiger partial charge in [0, 0.05) is 5.70 Å². The minimum atomic E-state index is -0.673. The predicted octanol–water partition coefficient (Wildman–Crippen LogP) is 2.69. The van der Waals surface area contributed by atoms with E-state index in [0.29, 0.717) is 22.6 Å². The summed E-state index contributed by atoms with van der Waals surface area (Å²) in [6.45, 7) is 3.56. The van der Waals surface area contributed by atoms with Crippen LogP contribution >= 0.6 is 0 Å². The summed E-state index contributed by atoms with van der Waals surface area (Å²) < 4.78 is 15.3. The molecule has 0 fully saturated rings. The van der Waals surface area contributed by atoms with Crippen LogP contribution in [-0.2, 0) is 9.53 Å². The Morgan fingerprint density at radius 1 is 1.15 bits per heavy atom. The molecule has 0 radical (unpaired) electrons. The molecule has 0 bridgehead atoms. The first-order valence-electron chi connectivity index (χ1n) is 8.30. The van der Waals surface area contributed by atoms with E-state index < -0.39 is 24.0 Å². The second-order valence-corrected chi connectivity index (χ2v) is 5.73. The van der Waals surface area contributed by atoms with Gasteiger partial charge in [-0.3, -0.25) is 0 Å². The minimum absolute atomic E-state index is 0.0906. The molecule has 0 aliphatic carbocycles. The Kier molecular flexibility index (Phi) is 5.25. The van der Waals surface area contributed by atoms with Crippen molar-refractivity contribution in [2.75, 3.05) is 6.61 Å². The fourth-order valence-corrected chi connectivity index (χ4v) is 2.70. The molecule has 8 nitrogen and oxygen atoms in total. The highest BCUT2D eigenvalue weighted by atomic mass is 16.5. The molecule has 1 aromatic carbocycles. The standard InChI is InChI=1S/C19H18N2O6/c1-3-25-18(23)15-11(2)20-19(24)21-16(15)12-6-8-13(9-7-12)27-17(22)14-5-4-10-26-14/h4-10,16H,3H2,1-2H3,(H2,20,21,24)/t16-/m0/s1. The second-order valence-electron chi connectivity index (χ2n) is 5.73. The number of amides is 2. The van der Waals surface area contributed by atoms with Crippen molar-refractivity contribution in [2.24, 2.45) is 0 Å². The lowest BCUT2D eigenvalue weighted by Crippen LogP contribution is -2.45. The van der Waals surface area contributed by atoms with Gasteiger partial charge < -0.3 is 24.5 Å². The third kappa shape index (κ3) is 4.00. The van der Waals surface area contributed by atoms with Crippen molar-refractivity contribution in [1.29, 1.82) is 0 Å². The summed E-state index contributed by atoms with van der Waals surface area (Å²) >= 11 is 0. The molecule has 27 heavy (non-hydrogen) atoms. The zero-order chi connectivity index (χ0) is 19.4. The molecular formula is C19H18N2O6. The molecule has 1 atom stereocenters. The average molecular weight is 370 g/mol. The van der Waals surface area contributed by atoms with E-state index in [0.717, 1.165) is 0 Å². The van der Waals surface area contributed by atoms with Gasteiger partial charge in [-0.25, -0.2) is 14.4 Å². The number of nitrogens with one attached hydrogen (secondary N) is 2. The highest BCUT2D eigenvalue weighted by Gasteiger charge is 2.32. The molecule has 140 valence electrons. The smallest absolute Gasteiger partial charge is 0.379 e. The Bertz CT molecular complexity index is 883. The van der Waals surface area contributed by atoms with E-state index in [1.165, 1.54) is 12.3 Å². The van der Waals surface area contributed by atoms with Gasteiger partial charge in [-0.1, -0.05) is 12.1 Å². The molecule has 2 heterocycles. The van der Waals surface area contributed by atoms with E-state index in [1.807, 2.05) is 0 Å². The van der Waals surface area contributed by atoms with E-state index >= 15 is 0 Å². The number of carbonyl (C=O) groups is 3. The number of ether oxygens (including phenoxy) is 2. The summed E-state index contributed by atoms with van der Waals surface area (Å²) in [5.41, 5.74) is 1.39. The normalized spacial score (nSPS) is 16.4. The Labute approximate surface area is 155 Å². The number of hydrogen-bond donors (Lipinski definition) is 2. The van der Waals surface area contributed by atoms with Gasteiger partial charge in [-0.2, -0.15) is 0 Å². The van der Waals surface area contributed by atoms with Gasteiger partial charge in [0.05, 0.1) is 24.5 Å². The molecule has 8 heteroatoms. The van der Waals surface area contributed by atoms with Crippen LogP contribution in [-0.4, -0.2) is 24.6 Å². The van der Waals surface area contributed by atoms with Gasteiger partial charge in [0.15, 0.2) is 0 Å². The van der Waals surface area contributed by atoms with Crippen molar-refractivity contribution in [2.45, 2.75) is 19.9 Å². The quantitative estimate of drug-likeness (QED) is 0.619. The van der Waals surface area contributed by atoms with Crippen LogP contribution in [0.4, 0.5) is 4.79 Å². The third-order valence-corrected chi connectivity index (χ3v) is 3.91. The lowest BCUT2D eigenvalue weighted by Gasteiger charge is -2.28. The van der Waals surface area contributed by atoms with Crippen LogP contribution < -0.4 is 15.4 Å². The van der Waals surface area contributed by atoms with E-state index in [1.54, 1.807) is 44.2 Å². The maximum absolute atomic E-state index is 12.3. The van der Waals surface area contributed by atoms with Crippen molar-refractivity contribution in [1.82, 2.24) is 10.6 Å². The summed E-state index contributed by atoms with van der Waals surface area (Å²) in [5, 5.41) is 5.27. The van der Waals surface area contributed by atoms with Gasteiger partial charge in [0.2, 0.25) is 5.76 Å². The molecule has 1 aliphatic heterocycles. The van der Waals surface area contributed by atoms with Crippen molar-refractivity contribution in [3.8, 4) is 5.75 Å². The van der Waals surface area contributed by atoms with Gasteiger partial charge in [-0.15, -0.1) is 0 Å². The minimum Gasteiger partial charge on any atom is -0.463 e. The average Bonchev–Trinajstić information content (AvgIpc) is 3.16. The number of benzene rings is 1. The Balaban J connectivity index is 1.82. The van der Waals surface area contributed by atoms with Crippen LogP contribution in [0, 0.1) is 0 Å². The predicted molar refractivity (Wildman–Crippen MR) is 93.8 cm³/mol. The Hall–Kier alpha value is -3.55. The first kappa shape index (κ1) is 18.2. The van der Waals surface area contributed by atoms with Gasteiger partial charge in [0.25, 0.3) is 0 Å². The Morgan fingerprint density at radius 2 is 1.89 bits per heavy atom. The molecule has 0 saturated heterocycles. The first-order valence-corrected chi connectivity index (χ1v) is 8.30. The molecule has 1 aliphatic rings.